The molecule has 0 aromatic carbocycles. The fourth-order valence-corrected chi connectivity index (χ4v) is 2.39. The van der Waals surface area contributed by atoms with Crippen molar-refractivity contribution in [3.8, 4) is 0 Å². The van der Waals surface area contributed by atoms with Crippen LogP contribution in [-0.2, 0) is 17.8 Å². The standard InChI is InChI=1S/C16H20FN7O/c1-24(6-7-25-2)16-14-15(21-10-20-14)22-13(23-16)9-18-8-12-11(17)4-3-5-19-12/h3-5,10,18H,6-9H2,1-2H3,(H,20,21,22,23). The highest BCUT2D eigenvalue weighted by molar-refractivity contribution is 5.82. The van der Waals surface area contributed by atoms with E-state index in [0.717, 1.165) is 11.3 Å². The van der Waals surface area contributed by atoms with Gasteiger partial charge in [-0.05, 0) is 12.1 Å². The van der Waals surface area contributed by atoms with E-state index in [-0.39, 0.29) is 5.82 Å². The van der Waals surface area contributed by atoms with Crippen molar-refractivity contribution >= 4 is 17.0 Å². The molecule has 25 heavy (non-hydrogen) atoms. The van der Waals surface area contributed by atoms with Gasteiger partial charge in [0.15, 0.2) is 11.5 Å². The number of nitrogens with zero attached hydrogens (tertiary/aromatic N) is 5. The minimum Gasteiger partial charge on any atom is -0.383 e. The Bertz CT molecular complexity index is 838. The number of aromatic nitrogens is 5. The van der Waals surface area contributed by atoms with Gasteiger partial charge in [-0.3, -0.25) is 4.98 Å². The lowest BCUT2D eigenvalue weighted by atomic mass is 10.3. The number of fused-ring (bicyclic) bond motifs is 1. The Morgan fingerprint density at radius 3 is 2.96 bits per heavy atom. The van der Waals surface area contributed by atoms with Gasteiger partial charge in [0.2, 0.25) is 0 Å². The monoisotopic (exact) mass is 345 g/mol. The van der Waals surface area contributed by atoms with Gasteiger partial charge >= 0.3 is 0 Å². The first-order chi connectivity index (χ1) is 12.2. The van der Waals surface area contributed by atoms with Crippen LogP contribution in [-0.4, -0.2) is 52.2 Å². The van der Waals surface area contributed by atoms with E-state index >= 15 is 0 Å². The Labute approximate surface area is 144 Å². The third-order valence-electron chi connectivity index (χ3n) is 3.72. The van der Waals surface area contributed by atoms with Crippen LogP contribution in [0.3, 0.4) is 0 Å². The summed E-state index contributed by atoms with van der Waals surface area (Å²) in [6.07, 6.45) is 3.16. The van der Waals surface area contributed by atoms with Crippen molar-refractivity contribution in [1.82, 2.24) is 30.2 Å². The molecule has 0 spiro atoms. The highest BCUT2D eigenvalue weighted by atomic mass is 19.1. The fourth-order valence-electron chi connectivity index (χ4n) is 2.39. The topological polar surface area (TPSA) is 91.8 Å². The predicted octanol–water partition coefficient (Wildman–Crippen LogP) is 1.26. The summed E-state index contributed by atoms with van der Waals surface area (Å²) < 4.78 is 18.7. The second-order valence-electron chi connectivity index (χ2n) is 5.51. The van der Waals surface area contributed by atoms with Crippen LogP contribution in [0.25, 0.3) is 11.2 Å². The van der Waals surface area contributed by atoms with Gasteiger partial charge < -0.3 is 19.9 Å². The molecule has 0 fully saturated rings. The van der Waals surface area contributed by atoms with Gasteiger partial charge in [0, 0.05) is 33.4 Å². The number of imidazole rings is 1. The Morgan fingerprint density at radius 2 is 2.16 bits per heavy atom. The molecule has 2 N–H and O–H groups in total. The number of nitrogens with one attached hydrogen (secondary N) is 2. The van der Waals surface area contributed by atoms with Crippen LogP contribution in [0, 0.1) is 5.82 Å². The third kappa shape index (κ3) is 4.06. The van der Waals surface area contributed by atoms with Crippen LogP contribution in [0.5, 0.6) is 0 Å². The lowest BCUT2D eigenvalue weighted by Gasteiger charge is -2.18. The minimum atomic E-state index is -0.335. The number of aromatic amines is 1. The summed E-state index contributed by atoms with van der Waals surface area (Å²) in [6.45, 7) is 1.95. The second-order valence-corrected chi connectivity index (χ2v) is 5.51. The molecule has 8 nitrogen and oxygen atoms in total. The van der Waals surface area contributed by atoms with Crippen molar-refractivity contribution in [2.24, 2.45) is 0 Å². The molecule has 0 bridgehead atoms. The van der Waals surface area contributed by atoms with Gasteiger partial charge in [-0.25, -0.2) is 19.3 Å². The largest absolute Gasteiger partial charge is 0.383 e. The van der Waals surface area contributed by atoms with Crippen molar-refractivity contribution in [3.05, 3.63) is 42.0 Å². The molecule has 0 aliphatic heterocycles. The van der Waals surface area contributed by atoms with Crippen LogP contribution >= 0.6 is 0 Å². The van der Waals surface area contributed by atoms with E-state index in [2.05, 4.69) is 30.2 Å². The zero-order valence-electron chi connectivity index (χ0n) is 14.2. The number of pyridine rings is 1. The van der Waals surface area contributed by atoms with Crippen molar-refractivity contribution in [1.29, 1.82) is 0 Å². The molecule has 0 aliphatic carbocycles. The van der Waals surface area contributed by atoms with E-state index in [9.17, 15) is 4.39 Å². The number of hydrogen-bond donors (Lipinski definition) is 2. The summed E-state index contributed by atoms with van der Waals surface area (Å²) in [5.74, 6) is 0.995. The molecule has 0 saturated heterocycles. The summed E-state index contributed by atoms with van der Waals surface area (Å²) in [7, 11) is 3.59. The van der Waals surface area contributed by atoms with E-state index in [4.69, 9.17) is 4.74 Å². The van der Waals surface area contributed by atoms with Gasteiger partial charge in [0.25, 0.3) is 0 Å². The summed E-state index contributed by atoms with van der Waals surface area (Å²) in [4.78, 5) is 22.3. The maximum Gasteiger partial charge on any atom is 0.183 e. The third-order valence-corrected chi connectivity index (χ3v) is 3.72. The molecule has 0 unspecified atom stereocenters. The summed E-state index contributed by atoms with van der Waals surface area (Å²) in [6, 6.07) is 2.95. The Morgan fingerprint density at radius 1 is 1.28 bits per heavy atom. The number of halogens is 1. The predicted molar refractivity (Wildman–Crippen MR) is 91.6 cm³/mol. The Balaban J connectivity index is 1.74. The first-order valence-corrected chi connectivity index (χ1v) is 7.89. The van der Waals surface area contributed by atoms with Crippen molar-refractivity contribution < 1.29 is 9.13 Å². The van der Waals surface area contributed by atoms with Crippen LogP contribution < -0.4 is 10.2 Å². The lowest BCUT2D eigenvalue weighted by Crippen LogP contribution is -2.25. The van der Waals surface area contributed by atoms with Crippen LogP contribution in [0.1, 0.15) is 11.5 Å². The molecule has 3 aromatic heterocycles. The number of likely N-dealkylation sites (N-methyl/N-ethyl adjacent to an activating group) is 1. The normalized spacial score (nSPS) is 11.2. The lowest BCUT2D eigenvalue weighted by molar-refractivity contribution is 0.206. The van der Waals surface area contributed by atoms with Gasteiger partial charge in [-0.2, -0.15) is 0 Å². The first kappa shape index (κ1) is 17.2. The van der Waals surface area contributed by atoms with Gasteiger partial charge in [-0.1, -0.05) is 0 Å². The second kappa shape index (κ2) is 7.95. The Hall–Kier alpha value is -2.65. The molecule has 0 aliphatic rings. The maximum absolute atomic E-state index is 13.6. The zero-order chi connectivity index (χ0) is 17.6. The van der Waals surface area contributed by atoms with E-state index in [0.29, 0.717) is 43.4 Å². The summed E-state index contributed by atoms with van der Waals surface area (Å²) in [5, 5.41) is 3.12. The van der Waals surface area contributed by atoms with E-state index in [1.165, 1.54) is 6.07 Å². The average Bonchev–Trinajstić information content (AvgIpc) is 3.09. The number of hydrogen-bond acceptors (Lipinski definition) is 7. The molecule has 0 saturated carbocycles. The quantitative estimate of drug-likeness (QED) is 0.635. The van der Waals surface area contributed by atoms with Crippen molar-refractivity contribution in [2.45, 2.75) is 13.1 Å². The number of H-pyrrole nitrogens is 1. The van der Waals surface area contributed by atoms with Crippen LogP contribution in [0.4, 0.5) is 10.2 Å². The van der Waals surface area contributed by atoms with Gasteiger partial charge in [0.1, 0.15) is 17.2 Å². The molecule has 3 heterocycles. The van der Waals surface area contributed by atoms with Crippen molar-refractivity contribution in [2.75, 3.05) is 32.2 Å². The number of rotatable bonds is 8. The molecule has 3 rings (SSSR count). The zero-order valence-corrected chi connectivity index (χ0v) is 14.2. The first-order valence-electron chi connectivity index (χ1n) is 7.89. The molecule has 132 valence electrons. The summed E-state index contributed by atoms with van der Waals surface area (Å²) >= 11 is 0. The van der Waals surface area contributed by atoms with Gasteiger partial charge in [0.05, 0.1) is 25.2 Å². The smallest absolute Gasteiger partial charge is 0.183 e. The Kier molecular flexibility index (Phi) is 5.46. The van der Waals surface area contributed by atoms with Crippen LogP contribution in [0.2, 0.25) is 0 Å². The molecular weight excluding hydrogens is 325 g/mol. The fraction of sp³-hybridized carbons (Fsp3) is 0.375. The molecule has 0 amide bonds. The van der Waals surface area contributed by atoms with E-state index in [1.54, 1.807) is 25.7 Å². The molecule has 0 radical (unpaired) electrons. The van der Waals surface area contributed by atoms with Crippen molar-refractivity contribution in [3.63, 3.8) is 0 Å². The molecule has 9 heteroatoms. The molecule has 0 atom stereocenters. The molecular formula is C16H20FN7O. The van der Waals surface area contributed by atoms with E-state index < -0.39 is 0 Å². The maximum atomic E-state index is 13.6. The van der Waals surface area contributed by atoms with E-state index in [1.807, 2.05) is 11.9 Å². The average molecular weight is 345 g/mol. The highest BCUT2D eigenvalue weighted by Crippen LogP contribution is 2.19. The summed E-state index contributed by atoms with van der Waals surface area (Å²) in [5.41, 5.74) is 1.73. The van der Waals surface area contributed by atoms with Gasteiger partial charge in [-0.15, -0.1) is 0 Å². The highest BCUT2D eigenvalue weighted by Gasteiger charge is 2.13. The minimum absolute atomic E-state index is 0.295. The SMILES string of the molecule is COCCN(C)c1nc(CNCc2ncccc2F)nc2nc[nH]c12. The number of anilines is 1. The van der Waals surface area contributed by atoms with Crippen LogP contribution in [0.15, 0.2) is 24.7 Å². The number of ether oxygens (including phenoxy) is 1. The molecule has 3 aromatic rings. The number of methoxy groups -OCH3 is 1.